The number of rotatable bonds is 2. The van der Waals surface area contributed by atoms with Crippen LogP contribution < -0.4 is 5.32 Å². The zero-order chi connectivity index (χ0) is 11.0. The zero-order valence-electron chi connectivity index (χ0n) is 9.42. The lowest BCUT2D eigenvalue weighted by Crippen LogP contribution is -1.93. The van der Waals surface area contributed by atoms with Crippen molar-refractivity contribution in [2.45, 2.75) is 27.2 Å². The minimum Gasteiger partial charge on any atom is -0.388 e. The first-order valence-electron chi connectivity index (χ1n) is 4.85. The minimum atomic E-state index is 0.639. The van der Waals surface area contributed by atoms with Crippen molar-refractivity contribution < 1.29 is 4.79 Å². The molecule has 0 amide bonds. The third-order valence-electron chi connectivity index (χ3n) is 1.90. The molecule has 2 nitrogen and oxygen atoms in total. The van der Waals surface area contributed by atoms with Crippen LogP contribution in [0, 0.1) is 13.8 Å². The van der Waals surface area contributed by atoms with Crippen molar-refractivity contribution in [2.75, 3.05) is 12.4 Å². The van der Waals surface area contributed by atoms with Crippen LogP contribution in [0.25, 0.3) is 0 Å². The van der Waals surface area contributed by atoms with Crippen LogP contribution in [0.5, 0.6) is 0 Å². The van der Waals surface area contributed by atoms with Crippen LogP contribution in [-0.4, -0.2) is 13.3 Å². The van der Waals surface area contributed by atoms with E-state index in [1.165, 1.54) is 16.8 Å². The van der Waals surface area contributed by atoms with E-state index in [0.717, 1.165) is 6.29 Å². The zero-order valence-corrected chi connectivity index (χ0v) is 9.42. The van der Waals surface area contributed by atoms with Gasteiger partial charge in [-0.2, -0.15) is 0 Å². The van der Waals surface area contributed by atoms with E-state index < -0.39 is 0 Å². The van der Waals surface area contributed by atoms with Gasteiger partial charge in [0.2, 0.25) is 0 Å². The molecule has 0 aromatic heterocycles. The van der Waals surface area contributed by atoms with Crippen molar-refractivity contribution >= 4 is 12.0 Å². The Bertz CT molecular complexity index is 261. The molecule has 0 saturated carbocycles. The van der Waals surface area contributed by atoms with Gasteiger partial charge in [-0.15, -0.1) is 0 Å². The number of carbonyl (C=O) groups is 1. The van der Waals surface area contributed by atoms with E-state index in [0.29, 0.717) is 6.42 Å². The molecule has 0 radical (unpaired) electrons. The summed E-state index contributed by atoms with van der Waals surface area (Å²) in [6, 6.07) is 6.29. The Hall–Kier alpha value is -1.31. The van der Waals surface area contributed by atoms with Gasteiger partial charge in [-0.3, -0.25) is 0 Å². The summed E-state index contributed by atoms with van der Waals surface area (Å²) in [4.78, 5) is 9.17. The van der Waals surface area contributed by atoms with E-state index in [9.17, 15) is 4.79 Å². The fourth-order valence-corrected chi connectivity index (χ4v) is 1.21. The molecule has 14 heavy (non-hydrogen) atoms. The first-order valence-corrected chi connectivity index (χ1v) is 4.85. The van der Waals surface area contributed by atoms with Crippen LogP contribution in [0.15, 0.2) is 18.2 Å². The Labute approximate surface area is 86.3 Å². The van der Waals surface area contributed by atoms with Crippen LogP contribution >= 0.6 is 0 Å². The number of hydrogen-bond donors (Lipinski definition) is 1. The van der Waals surface area contributed by atoms with Gasteiger partial charge in [-0.05, 0) is 25.0 Å². The van der Waals surface area contributed by atoms with E-state index in [4.69, 9.17) is 0 Å². The Morgan fingerprint density at radius 2 is 1.71 bits per heavy atom. The summed E-state index contributed by atoms with van der Waals surface area (Å²) in [7, 11) is 1.95. The maximum atomic E-state index is 9.17. The van der Waals surface area contributed by atoms with Gasteiger partial charge in [0.15, 0.2) is 0 Å². The second-order valence-electron chi connectivity index (χ2n) is 3.09. The molecule has 0 bridgehead atoms. The number of benzene rings is 1. The topological polar surface area (TPSA) is 29.1 Å². The van der Waals surface area contributed by atoms with Crippen LogP contribution in [0.2, 0.25) is 0 Å². The van der Waals surface area contributed by atoms with Gasteiger partial charge in [0.1, 0.15) is 6.29 Å². The van der Waals surface area contributed by atoms with Crippen molar-refractivity contribution in [3.63, 3.8) is 0 Å². The van der Waals surface area contributed by atoms with Crippen LogP contribution in [0.1, 0.15) is 24.5 Å². The Morgan fingerprint density at radius 3 is 1.93 bits per heavy atom. The van der Waals surface area contributed by atoms with Gasteiger partial charge < -0.3 is 10.1 Å². The molecular formula is C12H19NO. The van der Waals surface area contributed by atoms with Crippen molar-refractivity contribution in [2.24, 2.45) is 0 Å². The number of carbonyl (C=O) groups excluding carboxylic acids is 1. The molecule has 0 atom stereocenters. The predicted molar refractivity (Wildman–Crippen MR) is 61.8 cm³/mol. The molecular weight excluding hydrogens is 174 g/mol. The highest BCUT2D eigenvalue weighted by atomic mass is 16.1. The molecule has 0 heterocycles. The molecule has 0 saturated heterocycles. The molecule has 2 heteroatoms. The number of anilines is 1. The quantitative estimate of drug-likeness (QED) is 0.732. The monoisotopic (exact) mass is 193 g/mol. The lowest BCUT2D eigenvalue weighted by molar-refractivity contribution is -0.107. The van der Waals surface area contributed by atoms with Crippen LogP contribution in [-0.2, 0) is 4.79 Å². The summed E-state index contributed by atoms with van der Waals surface area (Å²) in [6.45, 7) is 6.03. The second kappa shape index (κ2) is 7.13. The Balaban J connectivity index is 0.000000364. The maximum Gasteiger partial charge on any atom is 0.119 e. The highest BCUT2D eigenvalue weighted by molar-refractivity contribution is 5.55. The van der Waals surface area contributed by atoms with E-state index in [2.05, 4.69) is 37.4 Å². The van der Waals surface area contributed by atoms with Crippen LogP contribution in [0.3, 0.4) is 0 Å². The first-order chi connectivity index (χ1) is 6.67. The average Bonchev–Trinajstić information content (AvgIpc) is 2.19. The lowest BCUT2D eigenvalue weighted by Gasteiger charge is -2.07. The number of aryl methyl sites for hydroxylation is 2. The van der Waals surface area contributed by atoms with E-state index in [-0.39, 0.29) is 0 Å². The smallest absolute Gasteiger partial charge is 0.119 e. The number of aldehydes is 1. The molecule has 0 unspecified atom stereocenters. The Kier molecular flexibility index (Phi) is 6.46. The van der Waals surface area contributed by atoms with E-state index >= 15 is 0 Å². The van der Waals surface area contributed by atoms with Gasteiger partial charge in [0, 0.05) is 19.2 Å². The molecule has 0 aliphatic heterocycles. The van der Waals surface area contributed by atoms with E-state index in [1.54, 1.807) is 0 Å². The molecule has 1 aromatic carbocycles. The molecule has 1 rings (SSSR count). The molecule has 1 aromatic rings. The molecule has 0 aliphatic carbocycles. The molecule has 0 spiro atoms. The molecule has 78 valence electrons. The molecule has 1 N–H and O–H groups in total. The number of hydrogen-bond acceptors (Lipinski definition) is 2. The van der Waals surface area contributed by atoms with Gasteiger partial charge >= 0.3 is 0 Å². The van der Waals surface area contributed by atoms with Crippen molar-refractivity contribution in [3.05, 3.63) is 29.3 Å². The summed E-state index contributed by atoms with van der Waals surface area (Å²) >= 11 is 0. The molecule has 0 fully saturated rings. The fourth-order valence-electron chi connectivity index (χ4n) is 1.21. The summed E-state index contributed by atoms with van der Waals surface area (Å²) < 4.78 is 0. The lowest BCUT2D eigenvalue weighted by atomic mass is 10.1. The van der Waals surface area contributed by atoms with Gasteiger partial charge in [-0.1, -0.05) is 25.1 Å². The second-order valence-corrected chi connectivity index (χ2v) is 3.09. The summed E-state index contributed by atoms with van der Waals surface area (Å²) in [5.41, 5.74) is 3.87. The van der Waals surface area contributed by atoms with Crippen molar-refractivity contribution in [1.29, 1.82) is 0 Å². The third-order valence-corrected chi connectivity index (χ3v) is 1.90. The summed E-state index contributed by atoms with van der Waals surface area (Å²) in [5.74, 6) is 0. The van der Waals surface area contributed by atoms with Gasteiger partial charge in [0.05, 0.1) is 0 Å². The minimum absolute atomic E-state index is 0.639. The SMILES string of the molecule is CCC=O.CNc1c(C)cccc1C. The first kappa shape index (κ1) is 12.7. The largest absolute Gasteiger partial charge is 0.388 e. The normalized spacial score (nSPS) is 8.57. The van der Waals surface area contributed by atoms with Gasteiger partial charge in [-0.25, -0.2) is 0 Å². The van der Waals surface area contributed by atoms with Crippen LogP contribution in [0.4, 0.5) is 5.69 Å². The average molecular weight is 193 g/mol. The Morgan fingerprint density at radius 1 is 1.29 bits per heavy atom. The van der Waals surface area contributed by atoms with Gasteiger partial charge in [0.25, 0.3) is 0 Å². The highest BCUT2D eigenvalue weighted by Gasteiger charge is 1.96. The predicted octanol–water partition coefficient (Wildman–Crippen LogP) is 2.94. The number of para-hydroxylation sites is 1. The highest BCUT2D eigenvalue weighted by Crippen LogP contribution is 2.17. The maximum absolute atomic E-state index is 9.17. The summed E-state index contributed by atoms with van der Waals surface area (Å²) in [5, 5.41) is 3.16. The standard InChI is InChI=1S/C9H13N.C3H6O/c1-7-5-4-6-8(2)9(7)10-3;1-2-3-4/h4-6,10H,1-3H3;3H,2H2,1H3. The van der Waals surface area contributed by atoms with Crippen molar-refractivity contribution in [3.8, 4) is 0 Å². The molecule has 0 aliphatic rings. The van der Waals surface area contributed by atoms with Crippen molar-refractivity contribution in [1.82, 2.24) is 0 Å². The number of nitrogens with one attached hydrogen (secondary N) is 1. The van der Waals surface area contributed by atoms with E-state index in [1.807, 2.05) is 14.0 Å². The third kappa shape index (κ3) is 4.08. The fraction of sp³-hybridized carbons (Fsp3) is 0.417. The summed E-state index contributed by atoms with van der Waals surface area (Å²) in [6.07, 6.45) is 1.51.